The van der Waals surface area contributed by atoms with Gasteiger partial charge in [0.25, 0.3) is 5.91 Å². The average Bonchev–Trinajstić information content (AvgIpc) is 1.99. The first-order valence-electron chi connectivity index (χ1n) is 3.35. The first-order valence-corrected chi connectivity index (χ1v) is 3.73. The lowest BCUT2D eigenvalue weighted by Gasteiger charge is -1.92. The first-order chi connectivity index (χ1) is 6.08. The summed E-state index contributed by atoms with van der Waals surface area (Å²) in [5, 5.41) is 0.230. The van der Waals surface area contributed by atoms with Gasteiger partial charge in [-0.15, -0.1) is 0 Å². The number of nitrogens with two attached hydrogens (primary N) is 1. The highest BCUT2D eigenvalue weighted by molar-refractivity contribution is 6.30. The van der Waals surface area contributed by atoms with Gasteiger partial charge >= 0.3 is 0 Å². The molecule has 0 aliphatic heterocycles. The monoisotopic (exact) mass is 197 g/mol. The van der Waals surface area contributed by atoms with Gasteiger partial charge in [-0.3, -0.25) is 4.79 Å². The molecular weight excluding hydrogens is 193 g/mol. The van der Waals surface area contributed by atoms with E-state index < -0.39 is 11.7 Å². The van der Waals surface area contributed by atoms with Gasteiger partial charge in [-0.1, -0.05) is 17.5 Å². The molecule has 2 N–H and O–H groups in total. The zero-order chi connectivity index (χ0) is 9.84. The van der Waals surface area contributed by atoms with Crippen LogP contribution in [0.2, 0.25) is 5.02 Å². The molecule has 1 aromatic carbocycles. The lowest BCUT2D eigenvalue weighted by Crippen LogP contribution is -2.06. The predicted molar refractivity (Wildman–Crippen MR) is 47.5 cm³/mol. The third-order valence-electron chi connectivity index (χ3n) is 1.19. The second-order valence-corrected chi connectivity index (χ2v) is 2.71. The Hall–Kier alpha value is -1.53. The van der Waals surface area contributed by atoms with Crippen LogP contribution < -0.4 is 5.73 Å². The van der Waals surface area contributed by atoms with Crippen molar-refractivity contribution in [2.45, 2.75) is 0 Å². The molecule has 66 valence electrons. The molecule has 0 aliphatic rings. The van der Waals surface area contributed by atoms with Crippen LogP contribution in [0.3, 0.4) is 0 Å². The van der Waals surface area contributed by atoms with E-state index in [1.807, 2.05) is 0 Å². The summed E-state index contributed by atoms with van der Waals surface area (Å²) in [6.45, 7) is 0. The highest BCUT2D eigenvalue weighted by atomic mass is 35.5. The molecule has 0 heterocycles. The third kappa shape index (κ3) is 3.14. The SMILES string of the molecule is NC(=O)C#Cc1cc(F)cc(Cl)c1. The van der Waals surface area contributed by atoms with E-state index in [2.05, 4.69) is 11.8 Å². The molecule has 0 fully saturated rings. The second kappa shape index (κ2) is 3.92. The van der Waals surface area contributed by atoms with Gasteiger partial charge in [0.15, 0.2) is 0 Å². The summed E-state index contributed by atoms with van der Waals surface area (Å²) in [6, 6.07) is 3.76. The summed E-state index contributed by atoms with van der Waals surface area (Å²) in [4.78, 5) is 10.3. The maximum absolute atomic E-state index is 12.7. The number of primary amides is 1. The Balaban J connectivity index is 3.04. The Morgan fingerprint density at radius 2 is 2.15 bits per heavy atom. The number of halogens is 2. The lowest BCUT2D eigenvalue weighted by molar-refractivity contribution is -0.112. The second-order valence-electron chi connectivity index (χ2n) is 2.27. The van der Waals surface area contributed by atoms with Gasteiger partial charge in [-0.25, -0.2) is 4.39 Å². The van der Waals surface area contributed by atoms with Crippen molar-refractivity contribution in [3.63, 3.8) is 0 Å². The Bertz CT molecular complexity index is 386. The number of amides is 1. The summed E-state index contributed by atoms with van der Waals surface area (Å²) >= 11 is 5.54. The molecule has 0 unspecified atom stereocenters. The van der Waals surface area contributed by atoms with Gasteiger partial charge in [-0.05, 0) is 24.1 Å². The topological polar surface area (TPSA) is 43.1 Å². The molecular formula is C9H5ClFNO. The minimum atomic E-state index is -0.764. The van der Waals surface area contributed by atoms with Crippen molar-refractivity contribution in [3.8, 4) is 11.8 Å². The van der Waals surface area contributed by atoms with E-state index in [9.17, 15) is 9.18 Å². The smallest absolute Gasteiger partial charge is 0.293 e. The van der Waals surface area contributed by atoms with Crippen LogP contribution in [-0.4, -0.2) is 5.91 Å². The van der Waals surface area contributed by atoms with Crippen LogP contribution in [0.15, 0.2) is 18.2 Å². The zero-order valence-electron chi connectivity index (χ0n) is 6.47. The van der Waals surface area contributed by atoms with E-state index >= 15 is 0 Å². The summed E-state index contributed by atoms with van der Waals surface area (Å²) in [5.74, 6) is 3.19. The van der Waals surface area contributed by atoms with Crippen molar-refractivity contribution in [3.05, 3.63) is 34.6 Å². The van der Waals surface area contributed by atoms with Crippen molar-refractivity contribution in [1.29, 1.82) is 0 Å². The molecule has 2 nitrogen and oxygen atoms in total. The molecule has 13 heavy (non-hydrogen) atoms. The van der Waals surface area contributed by atoms with Gasteiger partial charge in [0.1, 0.15) is 5.82 Å². The van der Waals surface area contributed by atoms with Gasteiger partial charge in [0.2, 0.25) is 0 Å². The van der Waals surface area contributed by atoms with Crippen LogP contribution in [0.4, 0.5) is 4.39 Å². The fraction of sp³-hybridized carbons (Fsp3) is 0. The summed E-state index contributed by atoms with van der Waals surface area (Å²) < 4.78 is 12.7. The number of hydrogen-bond acceptors (Lipinski definition) is 1. The van der Waals surface area contributed by atoms with E-state index in [1.54, 1.807) is 0 Å². The van der Waals surface area contributed by atoms with E-state index in [0.29, 0.717) is 5.56 Å². The molecule has 1 amide bonds. The number of carbonyl (C=O) groups excluding carboxylic acids is 1. The Morgan fingerprint density at radius 1 is 1.46 bits per heavy atom. The zero-order valence-corrected chi connectivity index (χ0v) is 7.23. The van der Waals surface area contributed by atoms with Gasteiger partial charge in [-0.2, -0.15) is 0 Å². The first kappa shape index (κ1) is 9.56. The molecule has 0 aliphatic carbocycles. The molecule has 0 atom stereocenters. The predicted octanol–water partition coefficient (Wildman–Crippen LogP) is 1.32. The van der Waals surface area contributed by atoms with Crippen molar-refractivity contribution >= 4 is 17.5 Å². The van der Waals surface area contributed by atoms with Crippen LogP contribution in [0.5, 0.6) is 0 Å². The number of hydrogen-bond donors (Lipinski definition) is 1. The van der Waals surface area contributed by atoms with E-state index in [0.717, 1.165) is 6.07 Å². The standard InChI is InChI=1S/C9H5ClFNO/c10-7-3-6(1-2-9(12)13)4-8(11)5-7/h3-5H,(H2,12,13). The summed E-state index contributed by atoms with van der Waals surface area (Å²) in [7, 11) is 0. The summed E-state index contributed by atoms with van der Waals surface area (Å²) in [6.07, 6.45) is 0. The van der Waals surface area contributed by atoms with Gasteiger partial charge in [0.05, 0.1) is 0 Å². The number of carbonyl (C=O) groups is 1. The maximum Gasteiger partial charge on any atom is 0.293 e. The molecule has 0 spiro atoms. The third-order valence-corrected chi connectivity index (χ3v) is 1.41. The van der Waals surface area contributed by atoms with E-state index in [1.165, 1.54) is 12.1 Å². The highest BCUT2D eigenvalue weighted by Crippen LogP contribution is 2.12. The lowest BCUT2D eigenvalue weighted by atomic mass is 10.2. The van der Waals surface area contributed by atoms with E-state index in [-0.39, 0.29) is 5.02 Å². The van der Waals surface area contributed by atoms with Crippen molar-refractivity contribution in [2.24, 2.45) is 5.73 Å². The minimum Gasteiger partial charge on any atom is -0.359 e. The Labute approximate surface area is 79.5 Å². The fourth-order valence-corrected chi connectivity index (χ4v) is 0.982. The molecule has 1 aromatic rings. The van der Waals surface area contributed by atoms with Gasteiger partial charge < -0.3 is 5.73 Å². The molecule has 0 bridgehead atoms. The normalized spacial score (nSPS) is 8.77. The summed E-state index contributed by atoms with van der Waals surface area (Å²) in [5.41, 5.74) is 5.10. The van der Waals surface area contributed by atoms with Crippen LogP contribution in [0.1, 0.15) is 5.56 Å². The quantitative estimate of drug-likeness (QED) is 0.627. The van der Waals surface area contributed by atoms with Crippen molar-refractivity contribution in [1.82, 2.24) is 0 Å². The largest absolute Gasteiger partial charge is 0.359 e. The maximum atomic E-state index is 12.7. The minimum absolute atomic E-state index is 0.230. The molecule has 0 radical (unpaired) electrons. The highest BCUT2D eigenvalue weighted by Gasteiger charge is 1.95. The Kier molecular flexibility index (Phi) is 2.88. The Morgan fingerprint density at radius 3 is 2.69 bits per heavy atom. The number of rotatable bonds is 0. The van der Waals surface area contributed by atoms with Crippen LogP contribution >= 0.6 is 11.6 Å². The van der Waals surface area contributed by atoms with Gasteiger partial charge in [0, 0.05) is 10.6 Å². The molecule has 0 saturated carbocycles. The molecule has 1 rings (SSSR count). The van der Waals surface area contributed by atoms with Crippen LogP contribution in [-0.2, 0) is 4.79 Å². The van der Waals surface area contributed by atoms with Crippen molar-refractivity contribution in [2.75, 3.05) is 0 Å². The van der Waals surface area contributed by atoms with Crippen molar-refractivity contribution < 1.29 is 9.18 Å². The van der Waals surface area contributed by atoms with Crippen LogP contribution in [0, 0.1) is 17.7 Å². The fourth-order valence-electron chi connectivity index (χ4n) is 0.760. The molecule has 0 saturated heterocycles. The van der Waals surface area contributed by atoms with Crippen LogP contribution in [0.25, 0.3) is 0 Å². The van der Waals surface area contributed by atoms with E-state index in [4.69, 9.17) is 17.3 Å². The molecule has 0 aromatic heterocycles. The number of benzene rings is 1. The molecule has 4 heteroatoms. The average molecular weight is 198 g/mol.